The van der Waals surface area contributed by atoms with E-state index < -0.39 is 49.0 Å². The number of rotatable bonds is 7. The molecule has 1 aliphatic rings. The zero-order valence-corrected chi connectivity index (χ0v) is 21.0. The summed E-state index contributed by atoms with van der Waals surface area (Å²) in [5, 5.41) is 61.1. The number of aromatic hydroxyl groups is 1. The molecule has 4 aromatic rings. The first-order chi connectivity index (χ1) is 19.1. The molecular formula is C26H25O14+. The van der Waals surface area contributed by atoms with E-state index in [4.69, 9.17) is 27.8 Å². The molecule has 1 aliphatic heterocycles. The molecule has 0 aliphatic carbocycles. The molecule has 1 saturated heterocycles. The third-order valence-electron chi connectivity index (χ3n) is 6.51. The smallest absolute Gasteiger partial charge is 0.371 e. The Kier molecular flexibility index (Phi) is 7.03. The van der Waals surface area contributed by atoms with E-state index in [9.17, 15) is 40.2 Å². The molecule has 0 saturated carbocycles. The Bertz CT molecular complexity index is 1630. The lowest BCUT2D eigenvalue weighted by Crippen LogP contribution is -2.60. The predicted octanol–water partition coefficient (Wildman–Crippen LogP) is 0.450. The number of carboxylic acid groups (broad SMARTS) is 1. The number of methoxy groups -OCH3 is 2. The van der Waals surface area contributed by atoms with Crippen LogP contribution in [0.5, 0.6) is 23.0 Å². The van der Waals surface area contributed by atoms with Gasteiger partial charge in [0.05, 0.1) is 38.3 Å². The van der Waals surface area contributed by atoms with E-state index in [1.54, 1.807) is 0 Å². The highest BCUT2D eigenvalue weighted by Crippen LogP contribution is 2.47. The van der Waals surface area contributed by atoms with Gasteiger partial charge in [-0.05, 0) is 12.1 Å². The second-order valence-electron chi connectivity index (χ2n) is 8.95. The van der Waals surface area contributed by atoms with Crippen LogP contribution >= 0.6 is 0 Å². The van der Waals surface area contributed by atoms with Gasteiger partial charge in [0.15, 0.2) is 23.0 Å². The summed E-state index contributed by atoms with van der Waals surface area (Å²) < 4.78 is 33.5. The number of hydrogen-bond acceptors (Lipinski definition) is 12. The van der Waals surface area contributed by atoms with E-state index in [1.165, 1.54) is 38.5 Å². The molecule has 5 rings (SSSR count). The summed E-state index contributed by atoms with van der Waals surface area (Å²) in [4.78, 5) is 22.2. The summed E-state index contributed by atoms with van der Waals surface area (Å²) in [5.74, 6) is -2.73. The van der Waals surface area contributed by atoms with E-state index in [1.807, 2.05) is 0 Å². The highest BCUT2D eigenvalue weighted by atomic mass is 16.7. The first kappa shape index (κ1) is 27.2. The average molecular weight is 561 g/mol. The monoisotopic (exact) mass is 561 g/mol. The molecule has 2 aromatic heterocycles. The topological polar surface area (TPSA) is 223 Å². The van der Waals surface area contributed by atoms with Gasteiger partial charge in [0.2, 0.25) is 17.8 Å². The van der Waals surface area contributed by atoms with E-state index >= 15 is 0 Å². The van der Waals surface area contributed by atoms with Gasteiger partial charge >= 0.3 is 11.4 Å². The number of phenols is 1. The number of benzene rings is 2. The fraction of sp³-hybridized carbons (Fsp3) is 0.308. The Morgan fingerprint density at radius 3 is 2.15 bits per heavy atom. The van der Waals surface area contributed by atoms with Gasteiger partial charge in [-0.15, -0.1) is 0 Å². The minimum absolute atomic E-state index is 0.0289. The Hall–Kier alpha value is -4.34. The van der Waals surface area contributed by atoms with Gasteiger partial charge in [-0.3, -0.25) is 4.79 Å². The molecule has 14 nitrogen and oxygen atoms in total. The van der Waals surface area contributed by atoms with Crippen molar-refractivity contribution >= 4 is 27.9 Å². The van der Waals surface area contributed by atoms with Crippen molar-refractivity contribution in [2.75, 3.05) is 20.8 Å². The molecule has 40 heavy (non-hydrogen) atoms. The molecule has 2 aromatic carbocycles. The third-order valence-corrected chi connectivity index (χ3v) is 6.51. The first-order valence-electron chi connectivity index (χ1n) is 11.8. The molecule has 0 spiro atoms. The van der Waals surface area contributed by atoms with Gasteiger partial charge < -0.3 is 58.4 Å². The molecule has 7 N–H and O–H groups in total. The van der Waals surface area contributed by atoms with E-state index in [2.05, 4.69) is 0 Å². The van der Waals surface area contributed by atoms with Gasteiger partial charge in [-0.25, -0.2) is 4.79 Å². The molecule has 1 fully saturated rings. The van der Waals surface area contributed by atoms with Crippen LogP contribution in [0.2, 0.25) is 0 Å². The summed E-state index contributed by atoms with van der Waals surface area (Å²) in [6, 6.07) is 6.27. The zero-order chi connectivity index (χ0) is 28.9. The maximum Gasteiger partial charge on any atom is 0.371 e. The Morgan fingerprint density at radius 2 is 1.57 bits per heavy atom. The molecule has 5 atom stereocenters. The molecule has 0 amide bonds. The van der Waals surface area contributed by atoms with Crippen molar-refractivity contribution in [3.63, 3.8) is 0 Å². The first-order valence-corrected chi connectivity index (χ1v) is 11.8. The second-order valence-corrected chi connectivity index (χ2v) is 8.95. The van der Waals surface area contributed by atoms with Crippen LogP contribution in [0.1, 0.15) is 10.6 Å². The summed E-state index contributed by atoms with van der Waals surface area (Å²) in [5.41, 5.74) is -0.184. The number of phenolic OH excluding ortho intramolecular Hbond substituents is 1. The Balaban J connectivity index is 1.84. The standard InChI is InChI=1S/C26H24O14/c1-35-14-3-9(4-15(36-2)19(14)29)23-24(40-26-22(32)21(31)20(30)17(8-27)39-26)11-7-16(25(33)34)37-12-5-10(28)6-13(38-23)18(11)12/h3-7,17,20-22,26-27,29-32H,8H2,1-2H3,(H,33,34)/p+1/t17-,20-,21+,22-,26+/m1/s1. The van der Waals surface area contributed by atoms with Crippen LogP contribution in [-0.4, -0.2) is 92.9 Å². The van der Waals surface area contributed by atoms with Crippen molar-refractivity contribution in [3.05, 3.63) is 41.5 Å². The highest BCUT2D eigenvalue weighted by Gasteiger charge is 2.45. The minimum atomic E-state index is -1.82. The SMILES string of the molecule is COc1cc(-c2oc3cc(=[OH+])cc4oc(C(=O)O)cc(c2O[C@@H]2O[C@H](CO)[C@@H](O)[C@H](O)[C@H]2O)c43)cc(OC)c1O. The van der Waals surface area contributed by atoms with Crippen LogP contribution in [0.3, 0.4) is 0 Å². The molecule has 14 heteroatoms. The lowest BCUT2D eigenvalue weighted by molar-refractivity contribution is -0.277. The molecule has 3 heterocycles. The van der Waals surface area contributed by atoms with Crippen LogP contribution < -0.4 is 19.6 Å². The lowest BCUT2D eigenvalue weighted by atomic mass is 9.99. The van der Waals surface area contributed by atoms with E-state index in [0.717, 1.165) is 6.07 Å². The fourth-order valence-corrected chi connectivity index (χ4v) is 4.53. The van der Waals surface area contributed by atoms with Crippen LogP contribution in [0.15, 0.2) is 39.2 Å². The van der Waals surface area contributed by atoms with Crippen molar-refractivity contribution in [2.45, 2.75) is 30.7 Å². The van der Waals surface area contributed by atoms with Gasteiger partial charge in [-0.2, -0.15) is 0 Å². The quantitative estimate of drug-likeness (QED) is 0.169. The minimum Gasteiger partial charge on any atom is -0.502 e. The lowest BCUT2D eigenvalue weighted by Gasteiger charge is -2.39. The van der Waals surface area contributed by atoms with Crippen LogP contribution in [0.4, 0.5) is 0 Å². The maximum atomic E-state index is 11.9. The second kappa shape index (κ2) is 10.3. The summed E-state index contributed by atoms with van der Waals surface area (Å²) >= 11 is 0. The van der Waals surface area contributed by atoms with E-state index in [0.29, 0.717) is 0 Å². The number of aliphatic hydroxyl groups is 4. The number of hydrogen-bond donors (Lipinski definition) is 6. The van der Waals surface area contributed by atoms with Crippen molar-refractivity contribution in [3.8, 4) is 34.3 Å². The van der Waals surface area contributed by atoms with Gasteiger partial charge in [-0.1, -0.05) is 0 Å². The number of carboxylic acids is 1. The number of carbonyl (C=O) groups is 1. The van der Waals surface area contributed by atoms with Crippen molar-refractivity contribution in [2.24, 2.45) is 0 Å². The van der Waals surface area contributed by atoms with Crippen molar-refractivity contribution < 1.29 is 68.0 Å². The number of aromatic carboxylic acids is 1. The van der Waals surface area contributed by atoms with E-state index in [-0.39, 0.29) is 61.7 Å². The normalized spacial score (nSPS) is 22.9. The van der Waals surface area contributed by atoms with Gasteiger partial charge in [0.1, 0.15) is 35.6 Å². The predicted molar refractivity (Wildman–Crippen MR) is 133 cm³/mol. The largest absolute Gasteiger partial charge is 0.502 e. The average Bonchev–Trinajstić information content (AvgIpc) is 2.93. The van der Waals surface area contributed by atoms with Gasteiger partial charge in [0, 0.05) is 17.0 Å². The summed E-state index contributed by atoms with van der Waals surface area (Å²) in [6.07, 6.45) is -8.26. The van der Waals surface area contributed by atoms with Gasteiger partial charge in [0.25, 0.3) is 0 Å². The van der Waals surface area contributed by atoms with Crippen LogP contribution in [-0.2, 0) is 4.74 Å². The van der Waals surface area contributed by atoms with Crippen molar-refractivity contribution in [1.82, 2.24) is 0 Å². The van der Waals surface area contributed by atoms with Crippen molar-refractivity contribution in [1.29, 1.82) is 0 Å². The Morgan fingerprint density at radius 1 is 0.950 bits per heavy atom. The van der Waals surface area contributed by atoms with Crippen LogP contribution in [0, 0.1) is 0 Å². The summed E-state index contributed by atoms with van der Waals surface area (Å²) in [7, 11) is 2.60. The fourth-order valence-electron chi connectivity index (χ4n) is 4.53. The summed E-state index contributed by atoms with van der Waals surface area (Å²) in [6.45, 7) is -0.723. The zero-order valence-electron chi connectivity index (χ0n) is 21.0. The number of ether oxygens (including phenoxy) is 4. The molecule has 0 unspecified atom stereocenters. The molecular weight excluding hydrogens is 536 g/mol. The molecule has 0 bridgehead atoms. The molecule has 212 valence electrons. The van der Waals surface area contributed by atoms with Crippen LogP contribution in [0.25, 0.3) is 33.3 Å². The molecule has 0 radical (unpaired) electrons. The number of aliphatic hydroxyl groups excluding tert-OH is 4. The Labute approximate surface area is 223 Å². The maximum absolute atomic E-state index is 11.9. The highest BCUT2D eigenvalue weighted by molar-refractivity contribution is 6.11. The third kappa shape index (κ3) is 4.47.